The van der Waals surface area contributed by atoms with Crippen molar-refractivity contribution in [2.45, 2.75) is 44.1 Å². The number of aromatic nitrogens is 1. The van der Waals surface area contributed by atoms with Crippen molar-refractivity contribution in [3.63, 3.8) is 0 Å². The highest BCUT2D eigenvalue weighted by molar-refractivity contribution is 5.93. The monoisotopic (exact) mass is 314 g/mol. The number of nitrogens with zero attached hydrogens (tertiary/aromatic N) is 2. The summed E-state index contributed by atoms with van der Waals surface area (Å²) in [5, 5.41) is 0. The van der Waals surface area contributed by atoms with E-state index in [1.807, 2.05) is 11.0 Å². The molecule has 5 heteroatoms. The third-order valence-corrected chi connectivity index (χ3v) is 4.74. The SMILES string of the molecule is O=C(c1ncoc1C1CC1)N1CCCCC1c1cccc(F)c1. The maximum absolute atomic E-state index is 13.6. The van der Waals surface area contributed by atoms with Crippen molar-refractivity contribution in [2.75, 3.05) is 6.54 Å². The lowest BCUT2D eigenvalue weighted by molar-refractivity contribution is 0.0603. The molecule has 23 heavy (non-hydrogen) atoms. The van der Waals surface area contributed by atoms with Crippen molar-refractivity contribution in [2.24, 2.45) is 0 Å². The van der Waals surface area contributed by atoms with Gasteiger partial charge >= 0.3 is 0 Å². The number of hydrogen-bond donors (Lipinski definition) is 0. The number of likely N-dealkylation sites (tertiary alicyclic amines) is 1. The predicted molar refractivity (Wildman–Crippen MR) is 82.5 cm³/mol. The van der Waals surface area contributed by atoms with Gasteiger partial charge in [0.15, 0.2) is 12.1 Å². The fourth-order valence-corrected chi connectivity index (χ4v) is 3.42. The summed E-state index contributed by atoms with van der Waals surface area (Å²) in [5.74, 6) is 0.711. The summed E-state index contributed by atoms with van der Waals surface area (Å²) in [4.78, 5) is 19.0. The standard InChI is InChI=1S/C18H19FN2O2/c19-14-5-3-4-13(10-14)15-6-1-2-9-21(15)18(22)16-17(12-7-8-12)23-11-20-16/h3-5,10-12,15H,1-2,6-9H2. The van der Waals surface area contributed by atoms with Gasteiger partial charge < -0.3 is 9.32 Å². The van der Waals surface area contributed by atoms with Crippen LogP contribution in [0.4, 0.5) is 4.39 Å². The quantitative estimate of drug-likeness (QED) is 0.858. The lowest BCUT2D eigenvalue weighted by Crippen LogP contribution is -2.39. The molecular formula is C18H19FN2O2. The topological polar surface area (TPSA) is 46.3 Å². The molecule has 0 spiro atoms. The van der Waals surface area contributed by atoms with Gasteiger partial charge in [0.25, 0.3) is 5.91 Å². The summed E-state index contributed by atoms with van der Waals surface area (Å²) in [5.41, 5.74) is 1.30. The van der Waals surface area contributed by atoms with Crippen LogP contribution in [0, 0.1) is 5.82 Å². The Morgan fingerprint density at radius 2 is 2.13 bits per heavy atom. The molecule has 1 unspecified atom stereocenters. The smallest absolute Gasteiger partial charge is 0.276 e. The molecule has 1 amide bonds. The van der Waals surface area contributed by atoms with E-state index in [2.05, 4.69) is 4.98 Å². The lowest BCUT2D eigenvalue weighted by atomic mass is 9.94. The van der Waals surface area contributed by atoms with Crippen LogP contribution in [0.5, 0.6) is 0 Å². The van der Waals surface area contributed by atoms with E-state index in [1.54, 1.807) is 6.07 Å². The molecular weight excluding hydrogens is 295 g/mol. The minimum atomic E-state index is -0.263. The van der Waals surface area contributed by atoms with Crippen LogP contribution in [0.1, 0.15) is 65.9 Å². The molecule has 1 aliphatic heterocycles. The molecule has 1 saturated carbocycles. The van der Waals surface area contributed by atoms with Gasteiger partial charge in [0.05, 0.1) is 6.04 Å². The summed E-state index contributed by atoms with van der Waals surface area (Å²) < 4.78 is 19.0. The Labute approximate surface area is 134 Å². The van der Waals surface area contributed by atoms with E-state index in [4.69, 9.17) is 4.42 Å². The van der Waals surface area contributed by atoms with E-state index >= 15 is 0 Å². The number of carbonyl (C=O) groups is 1. The van der Waals surface area contributed by atoms with Crippen LogP contribution in [0.2, 0.25) is 0 Å². The van der Waals surface area contributed by atoms with Crippen LogP contribution in [0.15, 0.2) is 35.1 Å². The van der Waals surface area contributed by atoms with Crippen molar-refractivity contribution < 1.29 is 13.6 Å². The Hall–Kier alpha value is -2.17. The molecule has 2 fully saturated rings. The Balaban J connectivity index is 1.64. The van der Waals surface area contributed by atoms with Gasteiger partial charge in [-0.3, -0.25) is 4.79 Å². The van der Waals surface area contributed by atoms with Crippen molar-refractivity contribution >= 4 is 5.91 Å². The van der Waals surface area contributed by atoms with Crippen molar-refractivity contribution in [1.82, 2.24) is 9.88 Å². The summed E-state index contributed by atoms with van der Waals surface area (Å²) in [6.45, 7) is 0.678. The number of hydrogen-bond acceptors (Lipinski definition) is 3. The minimum Gasteiger partial charge on any atom is -0.447 e. The molecule has 1 aromatic heterocycles. The van der Waals surface area contributed by atoms with Crippen LogP contribution in [-0.4, -0.2) is 22.3 Å². The van der Waals surface area contributed by atoms with Crippen LogP contribution in [0.3, 0.4) is 0 Å². The highest BCUT2D eigenvalue weighted by atomic mass is 19.1. The zero-order chi connectivity index (χ0) is 15.8. The summed E-state index contributed by atoms with van der Waals surface area (Å²) in [7, 11) is 0. The number of amides is 1. The van der Waals surface area contributed by atoms with Crippen LogP contribution >= 0.6 is 0 Å². The highest BCUT2D eigenvalue weighted by Gasteiger charge is 2.36. The Kier molecular flexibility index (Phi) is 3.63. The molecule has 2 aromatic rings. The zero-order valence-electron chi connectivity index (χ0n) is 12.9. The van der Waals surface area contributed by atoms with Gasteiger partial charge in [-0.05, 0) is 49.8 Å². The van der Waals surface area contributed by atoms with Crippen molar-refractivity contribution in [3.05, 3.63) is 53.5 Å². The predicted octanol–water partition coefficient (Wildman–Crippen LogP) is 4.06. The molecule has 2 heterocycles. The van der Waals surface area contributed by atoms with Gasteiger partial charge in [0, 0.05) is 12.5 Å². The third kappa shape index (κ3) is 2.76. The molecule has 0 N–H and O–H groups in total. The molecule has 120 valence electrons. The fraction of sp³-hybridized carbons (Fsp3) is 0.444. The van der Waals surface area contributed by atoms with Gasteiger partial charge in [-0.15, -0.1) is 0 Å². The Morgan fingerprint density at radius 3 is 2.91 bits per heavy atom. The number of halogens is 1. The Bertz CT molecular complexity index is 723. The van der Waals surface area contributed by atoms with Crippen LogP contribution in [0.25, 0.3) is 0 Å². The van der Waals surface area contributed by atoms with Gasteiger partial charge in [-0.2, -0.15) is 0 Å². The second-order valence-electron chi connectivity index (χ2n) is 6.40. The van der Waals surface area contributed by atoms with E-state index < -0.39 is 0 Å². The number of rotatable bonds is 3. The van der Waals surface area contributed by atoms with E-state index in [-0.39, 0.29) is 17.8 Å². The normalized spacial score (nSPS) is 21.4. The largest absolute Gasteiger partial charge is 0.447 e. The summed E-state index contributed by atoms with van der Waals surface area (Å²) in [6, 6.07) is 6.47. The fourth-order valence-electron chi connectivity index (χ4n) is 3.42. The van der Waals surface area contributed by atoms with E-state index in [9.17, 15) is 9.18 Å². The van der Waals surface area contributed by atoms with Gasteiger partial charge in [0.2, 0.25) is 0 Å². The second-order valence-corrected chi connectivity index (χ2v) is 6.40. The molecule has 0 bridgehead atoms. The number of carbonyl (C=O) groups excluding carboxylic acids is 1. The second kappa shape index (κ2) is 5.80. The van der Waals surface area contributed by atoms with Crippen molar-refractivity contribution in [3.8, 4) is 0 Å². The molecule has 1 saturated heterocycles. The first-order valence-electron chi connectivity index (χ1n) is 8.24. The van der Waals surface area contributed by atoms with Crippen LogP contribution < -0.4 is 0 Å². The number of benzene rings is 1. The first kappa shape index (κ1) is 14.4. The first-order chi connectivity index (χ1) is 11.2. The van der Waals surface area contributed by atoms with Gasteiger partial charge in [-0.25, -0.2) is 9.37 Å². The van der Waals surface area contributed by atoms with E-state index in [1.165, 1.54) is 18.5 Å². The molecule has 4 nitrogen and oxygen atoms in total. The molecule has 4 rings (SSSR count). The maximum Gasteiger partial charge on any atom is 0.276 e. The first-order valence-corrected chi connectivity index (χ1v) is 8.24. The van der Waals surface area contributed by atoms with Gasteiger partial charge in [-0.1, -0.05) is 12.1 Å². The third-order valence-electron chi connectivity index (χ3n) is 4.74. The molecule has 0 radical (unpaired) electrons. The van der Waals surface area contributed by atoms with Crippen LogP contribution in [-0.2, 0) is 0 Å². The maximum atomic E-state index is 13.6. The molecule has 1 aliphatic carbocycles. The minimum absolute atomic E-state index is 0.0873. The average molecular weight is 314 g/mol. The molecule has 2 aliphatic rings. The highest BCUT2D eigenvalue weighted by Crippen LogP contribution is 2.42. The van der Waals surface area contributed by atoms with Gasteiger partial charge in [0.1, 0.15) is 11.6 Å². The number of piperidine rings is 1. The van der Waals surface area contributed by atoms with E-state index in [0.29, 0.717) is 18.2 Å². The Morgan fingerprint density at radius 1 is 1.26 bits per heavy atom. The molecule has 1 atom stereocenters. The average Bonchev–Trinajstić information content (AvgIpc) is 3.31. The number of oxazole rings is 1. The molecule has 1 aromatic carbocycles. The summed E-state index contributed by atoms with van der Waals surface area (Å²) >= 11 is 0. The lowest BCUT2D eigenvalue weighted by Gasteiger charge is -2.35. The zero-order valence-corrected chi connectivity index (χ0v) is 12.9. The van der Waals surface area contributed by atoms with Crippen molar-refractivity contribution in [1.29, 1.82) is 0 Å². The summed E-state index contributed by atoms with van der Waals surface area (Å²) in [6.07, 6.45) is 6.34. The van der Waals surface area contributed by atoms with E-state index in [0.717, 1.165) is 43.4 Å².